The van der Waals surface area contributed by atoms with Gasteiger partial charge in [0, 0.05) is 0 Å². The minimum atomic E-state index is -1.03. The lowest BCUT2D eigenvalue weighted by molar-refractivity contribution is -0.139. The third-order valence-electron chi connectivity index (χ3n) is 3.88. The number of rotatable bonds is 5. The number of aliphatic imine (C=N–C) groups is 1. The van der Waals surface area contributed by atoms with Gasteiger partial charge in [0.25, 0.3) is 5.91 Å². The highest BCUT2D eigenvalue weighted by Gasteiger charge is 2.24. The average molecular weight is 634 g/mol. The molecule has 0 bridgehead atoms. The van der Waals surface area contributed by atoms with E-state index >= 15 is 0 Å². The number of amidine groups is 1. The smallest absolute Gasteiger partial charge is 0.341 e. The molecule has 1 aliphatic rings. The Morgan fingerprint density at radius 3 is 2.55 bits per heavy atom. The van der Waals surface area contributed by atoms with Gasteiger partial charge in [0.1, 0.15) is 5.75 Å². The van der Waals surface area contributed by atoms with Crippen LogP contribution < -0.4 is 10.1 Å². The maximum absolute atomic E-state index is 12.4. The van der Waals surface area contributed by atoms with Gasteiger partial charge in [-0.05, 0) is 106 Å². The highest BCUT2D eigenvalue weighted by atomic mass is 127. The molecule has 0 aromatic heterocycles. The van der Waals surface area contributed by atoms with Gasteiger partial charge in [-0.15, -0.1) is 0 Å². The van der Waals surface area contributed by atoms with Crippen LogP contribution in [-0.4, -0.2) is 28.8 Å². The van der Waals surface area contributed by atoms with E-state index in [1.54, 1.807) is 6.08 Å². The first-order valence-electron chi connectivity index (χ1n) is 8.43. The van der Waals surface area contributed by atoms with Gasteiger partial charge >= 0.3 is 5.97 Å². The zero-order valence-corrected chi connectivity index (χ0v) is 20.6. The van der Waals surface area contributed by atoms with Crippen LogP contribution in [0.5, 0.6) is 5.75 Å². The number of benzene rings is 2. The van der Waals surface area contributed by atoms with E-state index in [9.17, 15) is 9.59 Å². The molecule has 1 aliphatic heterocycles. The van der Waals surface area contributed by atoms with Crippen LogP contribution in [0.4, 0.5) is 5.69 Å². The number of amides is 1. The third-order valence-corrected chi connectivity index (χ3v) is 6.40. The molecule has 29 heavy (non-hydrogen) atoms. The van der Waals surface area contributed by atoms with E-state index in [-0.39, 0.29) is 5.91 Å². The fraction of sp³-hybridized carbons (Fsp3) is 0.150. The topological polar surface area (TPSA) is 88.0 Å². The van der Waals surface area contributed by atoms with E-state index in [0.29, 0.717) is 15.8 Å². The van der Waals surface area contributed by atoms with Gasteiger partial charge in [-0.3, -0.25) is 4.79 Å². The Bertz CT molecular complexity index is 1040. The summed E-state index contributed by atoms with van der Waals surface area (Å²) in [6.45, 7) is 3.61. The van der Waals surface area contributed by atoms with Crippen molar-refractivity contribution in [3.8, 4) is 5.75 Å². The molecule has 6 nitrogen and oxygen atoms in total. The Kier molecular flexibility index (Phi) is 7.22. The van der Waals surface area contributed by atoms with Gasteiger partial charge in [0.15, 0.2) is 11.8 Å². The molecule has 150 valence electrons. The lowest BCUT2D eigenvalue weighted by Gasteiger charge is -2.09. The second-order valence-corrected chi connectivity index (χ2v) is 9.62. The summed E-state index contributed by atoms with van der Waals surface area (Å²) in [5.74, 6) is -0.705. The Morgan fingerprint density at radius 1 is 1.24 bits per heavy atom. The van der Waals surface area contributed by atoms with Gasteiger partial charge in [0.05, 0.1) is 17.7 Å². The number of aryl methyl sites for hydroxylation is 2. The predicted molar refractivity (Wildman–Crippen MR) is 132 cm³/mol. The zero-order valence-electron chi connectivity index (χ0n) is 15.5. The highest BCUT2D eigenvalue weighted by molar-refractivity contribution is 14.1. The molecule has 1 heterocycles. The van der Waals surface area contributed by atoms with Gasteiger partial charge in [-0.2, -0.15) is 0 Å². The number of aliphatic carboxylic acids is 1. The Balaban J connectivity index is 1.83. The van der Waals surface area contributed by atoms with Crippen molar-refractivity contribution in [1.82, 2.24) is 5.32 Å². The maximum atomic E-state index is 12.4. The first-order valence-corrected chi connectivity index (χ1v) is 11.4. The predicted octanol–water partition coefficient (Wildman–Crippen LogP) is 4.87. The first kappa shape index (κ1) is 22.1. The molecule has 0 spiro atoms. The number of carbonyl (C=O) groups excluding carboxylic acids is 1. The van der Waals surface area contributed by atoms with E-state index in [0.717, 1.165) is 29.5 Å². The number of nitrogens with one attached hydrogen (secondary N) is 1. The number of hydrogen-bond acceptors (Lipinski definition) is 5. The molecule has 1 fully saturated rings. The summed E-state index contributed by atoms with van der Waals surface area (Å²) >= 11 is 5.47. The summed E-state index contributed by atoms with van der Waals surface area (Å²) in [7, 11) is 0. The van der Waals surface area contributed by atoms with Crippen LogP contribution in [0.2, 0.25) is 0 Å². The quantitative estimate of drug-likeness (QED) is 0.363. The molecule has 0 aliphatic carbocycles. The van der Waals surface area contributed by atoms with Gasteiger partial charge < -0.3 is 15.2 Å². The van der Waals surface area contributed by atoms with Gasteiger partial charge in [-0.25, -0.2) is 9.79 Å². The van der Waals surface area contributed by atoms with Crippen LogP contribution in [0, 0.1) is 21.0 Å². The lowest BCUT2D eigenvalue weighted by Crippen LogP contribution is -2.19. The largest absolute Gasteiger partial charge is 0.480 e. The van der Waals surface area contributed by atoms with Crippen molar-refractivity contribution in [1.29, 1.82) is 0 Å². The highest BCUT2D eigenvalue weighted by Crippen LogP contribution is 2.33. The number of ether oxygens (including phenoxy) is 1. The van der Waals surface area contributed by atoms with Gasteiger partial charge in [-0.1, -0.05) is 17.7 Å². The zero-order chi connectivity index (χ0) is 21.1. The monoisotopic (exact) mass is 634 g/mol. The fourth-order valence-electron chi connectivity index (χ4n) is 2.61. The van der Waals surface area contributed by atoms with Crippen LogP contribution in [0.25, 0.3) is 6.08 Å². The Morgan fingerprint density at radius 2 is 1.93 bits per heavy atom. The maximum Gasteiger partial charge on any atom is 0.341 e. The number of halogens is 2. The molecule has 0 atom stereocenters. The Labute approximate surface area is 199 Å². The number of nitrogens with zero attached hydrogens (tertiary/aromatic N) is 1. The second-order valence-electron chi connectivity index (χ2n) is 6.27. The molecule has 2 aromatic carbocycles. The molecule has 3 rings (SSSR count). The molecule has 2 aromatic rings. The number of thioether (sulfide) groups is 1. The van der Waals surface area contributed by atoms with Crippen molar-refractivity contribution in [2.75, 3.05) is 6.61 Å². The second kappa shape index (κ2) is 9.47. The molecule has 0 saturated carbocycles. The summed E-state index contributed by atoms with van der Waals surface area (Å²) in [5.41, 5.74) is 3.86. The molecular formula is C20H16I2N2O4S. The molecule has 0 radical (unpaired) electrons. The molecule has 1 saturated heterocycles. The Hall–Kier alpha value is -1.60. The minimum absolute atomic E-state index is 0.199. The normalized spacial score (nSPS) is 16.3. The van der Waals surface area contributed by atoms with Crippen molar-refractivity contribution in [2.45, 2.75) is 13.8 Å². The molecule has 9 heteroatoms. The number of carboxylic acid groups (broad SMARTS) is 1. The molecular weight excluding hydrogens is 618 g/mol. The van der Waals surface area contributed by atoms with E-state index in [1.165, 1.54) is 11.8 Å². The van der Waals surface area contributed by atoms with Crippen molar-refractivity contribution in [3.63, 3.8) is 0 Å². The van der Waals surface area contributed by atoms with Gasteiger partial charge in [0.2, 0.25) is 0 Å². The van der Waals surface area contributed by atoms with Crippen molar-refractivity contribution < 1.29 is 19.4 Å². The molecule has 0 unspecified atom stereocenters. The average Bonchev–Trinajstić information content (AvgIpc) is 2.95. The first-order chi connectivity index (χ1) is 13.7. The molecule has 2 N–H and O–H groups in total. The third kappa shape index (κ3) is 5.72. The van der Waals surface area contributed by atoms with Crippen LogP contribution >= 0.6 is 56.9 Å². The summed E-state index contributed by atoms with van der Waals surface area (Å²) in [6, 6.07) is 9.67. The lowest BCUT2D eigenvalue weighted by atomic mass is 10.1. The van der Waals surface area contributed by atoms with Crippen molar-refractivity contribution in [3.05, 3.63) is 59.1 Å². The van der Waals surface area contributed by atoms with E-state index in [4.69, 9.17) is 9.84 Å². The minimum Gasteiger partial charge on any atom is -0.480 e. The van der Waals surface area contributed by atoms with E-state index in [1.807, 2.05) is 38.1 Å². The summed E-state index contributed by atoms with van der Waals surface area (Å²) in [5, 5.41) is 12.1. The number of carboxylic acids is 1. The van der Waals surface area contributed by atoms with Crippen LogP contribution in [0.1, 0.15) is 16.7 Å². The van der Waals surface area contributed by atoms with Crippen molar-refractivity contribution >= 4 is 85.8 Å². The molecule has 1 amide bonds. The summed E-state index contributed by atoms with van der Waals surface area (Å²) in [6.07, 6.45) is 1.79. The summed E-state index contributed by atoms with van der Waals surface area (Å²) < 4.78 is 6.89. The van der Waals surface area contributed by atoms with E-state index < -0.39 is 12.6 Å². The van der Waals surface area contributed by atoms with Crippen LogP contribution in [0.15, 0.2) is 40.2 Å². The van der Waals surface area contributed by atoms with Crippen LogP contribution in [0.3, 0.4) is 0 Å². The van der Waals surface area contributed by atoms with E-state index in [2.05, 4.69) is 61.6 Å². The number of hydrogen-bond donors (Lipinski definition) is 2. The number of carbonyl (C=O) groups is 2. The SMILES string of the molecule is Cc1ccc(N=C2NC(=O)/C(=C/c3cc(I)c(OCC(=O)O)c(I)c3)S2)c(C)c1. The fourth-order valence-corrected chi connectivity index (χ4v) is 5.57. The summed E-state index contributed by atoms with van der Waals surface area (Å²) in [4.78, 5) is 28.2. The standard InChI is InChI=1S/C20H16I2N2O4S/c1-10-3-4-15(11(2)5-10)23-20-24-19(27)16(29-20)8-12-6-13(21)18(14(22)7-12)28-9-17(25)26/h3-8H,9H2,1-2H3,(H,25,26)(H,23,24,27)/b16-8-. The van der Waals surface area contributed by atoms with Crippen LogP contribution in [-0.2, 0) is 9.59 Å². The van der Waals surface area contributed by atoms with Crippen molar-refractivity contribution in [2.24, 2.45) is 4.99 Å².